The van der Waals surface area contributed by atoms with Crippen molar-refractivity contribution in [2.45, 2.75) is 13.8 Å². The average molecular weight is 362 g/mol. The third kappa shape index (κ3) is 4.73. The van der Waals surface area contributed by atoms with Crippen LogP contribution in [0.2, 0.25) is 0 Å². The molecule has 0 heterocycles. The van der Waals surface area contributed by atoms with Crippen molar-refractivity contribution in [3.63, 3.8) is 0 Å². The third-order valence-corrected chi connectivity index (χ3v) is 4.90. The number of aryl methyl sites for hydroxylation is 1. The molecule has 0 bridgehead atoms. The number of carbonyl (C=O) groups excluding carboxylic acids is 1. The highest BCUT2D eigenvalue weighted by atomic mass is 32.2. The molecule has 0 unspecified atom stereocenters. The minimum absolute atomic E-state index is 0.322. The Hall–Kier alpha value is -2.54. The van der Waals surface area contributed by atoms with Crippen LogP contribution in [0.3, 0.4) is 0 Å². The Morgan fingerprint density at radius 3 is 2.56 bits per heavy atom. The van der Waals surface area contributed by atoms with Crippen molar-refractivity contribution in [3.8, 4) is 5.75 Å². The number of nitrogens with zero attached hydrogens (tertiary/aromatic N) is 1. The highest BCUT2D eigenvalue weighted by Gasteiger charge is 2.16. The van der Waals surface area contributed by atoms with Gasteiger partial charge in [-0.1, -0.05) is 12.1 Å². The van der Waals surface area contributed by atoms with Gasteiger partial charge in [0.2, 0.25) is 10.0 Å². The molecule has 2 aromatic carbocycles. The van der Waals surface area contributed by atoms with Crippen LogP contribution in [-0.4, -0.2) is 34.2 Å². The van der Waals surface area contributed by atoms with E-state index in [1.54, 1.807) is 43.3 Å². The first-order valence-electron chi connectivity index (χ1n) is 7.81. The topological polar surface area (TPSA) is 75.7 Å². The number of benzene rings is 2. The molecule has 25 heavy (non-hydrogen) atoms. The van der Waals surface area contributed by atoms with Crippen LogP contribution in [0, 0.1) is 6.92 Å². The molecule has 0 aromatic heterocycles. The summed E-state index contributed by atoms with van der Waals surface area (Å²) in [5.41, 5.74) is 2.22. The Balaban J connectivity index is 2.27. The molecule has 0 aliphatic carbocycles. The van der Waals surface area contributed by atoms with E-state index in [2.05, 4.69) is 5.32 Å². The van der Waals surface area contributed by atoms with E-state index in [4.69, 9.17) is 4.74 Å². The lowest BCUT2D eigenvalue weighted by Crippen LogP contribution is -2.26. The molecule has 7 heteroatoms. The lowest BCUT2D eigenvalue weighted by Gasteiger charge is -2.19. The predicted molar refractivity (Wildman–Crippen MR) is 100.0 cm³/mol. The Bertz CT molecular complexity index is 878. The Labute approximate surface area is 148 Å². The van der Waals surface area contributed by atoms with Gasteiger partial charge in [-0.25, -0.2) is 8.42 Å². The summed E-state index contributed by atoms with van der Waals surface area (Å²) in [7, 11) is -1.94. The summed E-state index contributed by atoms with van der Waals surface area (Å²) in [6.45, 7) is 4.22. The maximum absolute atomic E-state index is 12.5. The van der Waals surface area contributed by atoms with E-state index >= 15 is 0 Å². The smallest absolute Gasteiger partial charge is 0.255 e. The summed E-state index contributed by atoms with van der Waals surface area (Å²) in [4.78, 5) is 12.5. The molecule has 0 atom stereocenters. The van der Waals surface area contributed by atoms with Gasteiger partial charge in [0.25, 0.3) is 5.91 Å². The number of anilines is 2. The molecule has 0 fully saturated rings. The number of rotatable bonds is 6. The first-order valence-corrected chi connectivity index (χ1v) is 9.66. The van der Waals surface area contributed by atoms with E-state index in [1.807, 2.05) is 13.0 Å². The van der Waals surface area contributed by atoms with Crippen molar-refractivity contribution in [1.29, 1.82) is 0 Å². The first-order chi connectivity index (χ1) is 11.7. The van der Waals surface area contributed by atoms with Crippen LogP contribution in [0.15, 0.2) is 42.5 Å². The molecular weight excluding hydrogens is 340 g/mol. The van der Waals surface area contributed by atoms with Crippen LogP contribution < -0.4 is 14.4 Å². The van der Waals surface area contributed by atoms with E-state index in [-0.39, 0.29) is 5.91 Å². The fourth-order valence-corrected chi connectivity index (χ4v) is 2.86. The van der Waals surface area contributed by atoms with Gasteiger partial charge < -0.3 is 10.1 Å². The molecule has 2 aromatic rings. The highest BCUT2D eigenvalue weighted by molar-refractivity contribution is 7.92. The normalized spacial score (nSPS) is 11.0. The molecule has 0 saturated heterocycles. The zero-order valence-corrected chi connectivity index (χ0v) is 15.6. The number of sulfonamides is 1. The van der Waals surface area contributed by atoms with Gasteiger partial charge in [-0.05, 0) is 43.7 Å². The zero-order valence-electron chi connectivity index (χ0n) is 14.7. The fourth-order valence-electron chi connectivity index (χ4n) is 2.30. The summed E-state index contributed by atoms with van der Waals surface area (Å²) < 4.78 is 30.1. The fraction of sp³-hybridized carbons (Fsp3) is 0.278. The molecular formula is C18H22N2O4S. The van der Waals surface area contributed by atoms with Crippen molar-refractivity contribution in [3.05, 3.63) is 53.6 Å². The van der Waals surface area contributed by atoms with Gasteiger partial charge in [0.1, 0.15) is 5.75 Å². The summed E-state index contributed by atoms with van der Waals surface area (Å²) in [6.07, 6.45) is 1.12. The van der Waals surface area contributed by atoms with Gasteiger partial charge in [0.15, 0.2) is 0 Å². The van der Waals surface area contributed by atoms with Crippen LogP contribution in [0.4, 0.5) is 11.4 Å². The van der Waals surface area contributed by atoms with Gasteiger partial charge in [-0.3, -0.25) is 9.10 Å². The van der Waals surface area contributed by atoms with Crippen LogP contribution in [-0.2, 0) is 10.0 Å². The van der Waals surface area contributed by atoms with Crippen molar-refractivity contribution >= 4 is 27.3 Å². The molecule has 1 N–H and O–H groups in total. The molecule has 0 spiro atoms. The van der Waals surface area contributed by atoms with E-state index < -0.39 is 10.0 Å². The molecule has 134 valence electrons. The van der Waals surface area contributed by atoms with Gasteiger partial charge in [-0.2, -0.15) is 0 Å². The summed E-state index contributed by atoms with van der Waals surface area (Å²) in [6, 6.07) is 12.1. The summed E-state index contributed by atoms with van der Waals surface area (Å²) in [5, 5.41) is 2.79. The number of carbonyl (C=O) groups is 1. The van der Waals surface area contributed by atoms with Crippen molar-refractivity contribution in [1.82, 2.24) is 0 Å². The maximum Gasteiger partial charge on any atom is 0.255 e. The number of amides is 1. The molecule has 0 aliphatic rings. The molecule has 2 rings (SSSR count). The standard InChI is InChI=1S/C18H22N2O4S/c1-5-24-16-8-6-7-15(12-16)19-18(21)14-10-9-13(2)17(11-14)20(3)25(4,22)23/h6-12H,5H2,1-4H3,(H,19,21). The van der Waals surface area contributed by atoms with Gasteiger partial charge >= 0.3 is 0 Å². The van der Waals surface area contributed by atoms with Crippen molar-refractivity contribution in [2.75, 3.05) is 29.5 Å². The SMILES string of the molecule is CCOc1cccc(NC(=O)c2ccc(C)c(N(C)S(C)(=O)=O)c2)c1. The molecule has 0 radical (unpaired) electrons. The van der Waals surface area contributed by atoms with Gasteiger partial charge in [-0.15, -0.1) is 0 Å². The molecule has 0 aliphatic heterocycles. The zero-order chi connectivity index (χ0) is 18.6. The van der Waals surface area contributed by atoms with E-state index in [1.165, 1.54) is 7.05 Å². The Kier molecular flexibility index (Phi) is 5.69. The first kappa shape index (κ1) is 18.8. The van der Waals surface area contributed by atoms with Crippen molar-refractivity contribution < 1.29 is 17.9 Å². The maximum atomic E-state index is 12.5. The minimum Gasteiger partial charge on any atom is -0.494 e. The van der Waals surface area contributed by atoms with Crippen LogP contribution in [0.1, 0.15) is 22.8 Å². The molecule has 0 saturated carbocycles. The summed E-state index contributed by atoms with van der Waals surface area (Å²) in [5.74, 6) is 0.346. The van der Waals surface area contributed by atoms with E-state index in [9.17, 15) is 13.2 Å². The number of ether oxygens (including phenoxy) is 1. The monoisotopic (exact) mass is 362 g/mol. The van der Waals surface area contributed by atoms with Crippen LogP contribution in [0.25, 0.3) is 0 Å². The van der Waals surface area contributed by atoms with E-state index in [0.717, 1.165) is 16.1 Å². The number of hydrogen-bond donors (Lipinski definition) is 1. The second kappa shape index (κ2) is 7.57. The highest BCUT2D eigenvalue weighted by Crippen LogP contribution is 2.24. The van der Waals surface area contributed by atoms with Gasteiger partial charge in [0, 0.05) is 24.4 Å². The Morgan fingerprint density at radius 2 is 1.92 bits per heavy atom. The van der Waals surface area contributed by atoms with E-state index in [0.29, 0.717) is 29.3 Å². The Morgan fingerprint density at radius 1 is 1.20 bits per heavy atom. The van der Waals surface area contributed by atoms with Gasteiger partial charge in [0.05, 0.1) is 18.6 Å². The average Bonchev–Trinajstić information content (AvgIpc) is 2.54. The largest absolute Gasteiger partial charge is 0.494 e. The lowest BCUT2D eigenvalue weighted by atomic mass is 10.1. The lowest BCUT2D eigenvalue weighted by molar-refractivity contribution is 0.102. The quantitative estimate of drug-likeness (QED) is 0.857. The van der Waals surface area contributed by atoms with Crippen LogP contribution >= 0.6 is 0 Å². The number of nitrogens with one attached hydrogen (secondary N) is 1. The van der Waals surface area contributed by atoms with Crippen LogP contribution in [0.5, 0.6) is 5.75 Å². The predicted octanol–water partition coefficient (Wildman–Crippen LogP) is 3.04. The molecule has 6 nitrogen and oxygen atoms in total. The number of hydrogen-bond acceptors (Lipinski definition) is 4. The van der Waals surface area contributed by atoms with Crippen molar-refractivity contribution in [2.24, 2.45) is 0 Å². The molecule has 1 amide bonds. The second-order valence-corrected chi connectivity index (χ2v) is 7.66. The minimum atomic E-state index is -3.41. The summed E-state index contributed by atoms with van der Waals surface area (Å²) >= 11 is 0. The second-order valence-electron chi connectivity index (χ2n) is 5.65. The third-order valence-electron chi connectivity index (χ3n) is 3.71.